The summed E-state index contributed by atoms with van der Waals surface area (Å²) < 4.78 is 12.8. The Labute approximate surface area is 101 Å². The van der Waals surface area contributed by atoms with Crippen LogP contribution in [0.25, 0.3) is 0 Å². The van der Waals surface area contributed by atoms with Gasteiger partial charge < -0.3 is 10.2 Å². The fourth-order valence-corrected chi connectivity index (χ4v) is 1.25. The number of hydrogen-bond acceptors (Lipinski definition) is 3. The van der Waals surface area contributed by atoms with E-state index >= 15 is 0 Å². The minimum Gasteiger partial charge on any atom is -0.351 e. The Morgan fingerprint density at radius 3 is 2.88 bits per heavy atom. The van der Waals surface area contributed by atoms with Crippen molar-refractivity contribution < 1.29 is 9.18 Å². The van der Waals surface area contributed by atoms with Gasteiger partial charge in [-0.3, -0.25) is 4.79 Å². The van der Waals surface area contributed by atoms with E-state index in [1.54, 1.807) is 0 Å². The molecule has 0 aliphatic heterocycles. The minimum absolute atomic E-state index is 0.275. The molecule has 0 aromatic carbocycles. The fourth-order valence-electron chi connectivity index (χ4n) is 1.25. The van der Waals surface area contributed by atoms with Crippen molar-refractivity contribution in [3.8, 4) is 0 Å². The van der Waals surface area contributed by atoms with Crippen molar-refractivity contribution in [1.82, 2.24) is 15.2 Å². The first-order valence-electron chi connectivity index (χ1n) is 5.60. The summed E-state index contributed by atoms with van der Waals surface area (Å²) in [7, 11) is 1.99. The second kappa shape index (κ2) is 6.30. The van der Waals surface area contributed by atoms with Crippen molar-refractivity contribution in [2.75, 3.05) is 20.1 Å². The maximum Gasteiger partial charge on any atom is 0.251 e. The van der Waals surface area contributed by atoms with Gasteiger partial charge in [0.05, 0.1) is 0 Å². The fraction of sp³-hybridized carbons (Fsp3) is 0.500. The van der Waals surface area contributed by atoms with Crippen LogP contribution in [0.3, 0.4) is 0 Å². The highest BCUT2D eigenvalue weighted by atomic mass is 19.1. The van der Waals surface area contributed by atoms with Crippen LogP contribution in [-0.4, -0.2) is 42.0 Å². The molecule has 1 rings (SSSR count). The van der Waals surface area contributed by atoms with E-state index in [4.69, 9.17) is 0 Å². The van der Waals surface area contributed by atoms with Gasteiger partial charge in [-0.2, -0.15) is 4.39 Å². The van der Waals surface area contributed by atoms with Gasteiger partial charge >= 0.3 is 0 Å². The van der Waals surface area contributed by atoms with Gasteiger partial charge in [0, 0.05) is 37.0 Å². The van der Waals surface area contributed by atoms with Crippen LogP contribution in [0.4, 0.5) is 4.39 Å². The van der Waals surface area contributed by atoms with Crippen molar-refractivity contribution in [1.29, 1.82) is 0 Å². The number of nitrogens with zero attached hydrogens (tertiary/aromatic N) is 2. The summed E-state index contributed by atoms with van der Waals surface area (Å²) in [6, 6.07) is 3.05. The molecule has 0 spiro atoms. The first kappa shape index (κ1) is 13.6. The van der Waals surface area contributed by atoms with Gasteiger partial charge in [0.25, 0.3) is 5.91 Å². The normalized spacial score (nSPS) is 10.9. The van der Waals surface area contributed by atoms with Crippen molar-refractivity contribution in [2.45, 2.75) is 19.9 Å². The quantitative estimate of drug-likeness (QED) is 0.787. The topological polar surface area (TPSA) is 45.2 Å². The standard InChI is InChI=1S/C12H18FN3O/c1-9(2)16(3)7-6-15-12(17)10-4-5-14-11(13)8-10/h4-5,8-9H,6-7H2,1-3H3,(H,15,17). The number of carbonyl (C=O) groups excluding carboxylic acids is 1. The predicted octanol–water partition coefficient (Wildman–Crippen LogP) is 1.29. The largest absolute Gasteiger partial charge is 0.351 e. The third kappa shape index (κ3) is 4.48. The van der Waals surface area contributed by atoms with Crippen LogP contribution in [0.5, 0.6) is 0 Å². The summed E-state index contributed by atoms with van der Waals surface area (Å²) in [5, 5.41) is 2.74. The molecule has 1 aromatic heterocycles. The highest BCUT2D eigenvalue weighted by molar-refractivity contribution is 5.93. The van der Waals surface area contributed by atoms with Crippen LogP contribution in [0, 0.1) is 5.95 Å². The molecule has 1 aromatic rings. The molecule has 1 heterocycles. The van der Waals surface area contributed by atoms with Crippen LogP contribution in [-0.2, 0) is 0 Å². The number of aromatic nitrogens is 1. The summed E-state index contributed by atoms with van der Waals surface area (Å²) in [6.45, 7) is 5.47. The van der Waals surface area contributed by atoms with E-state index < -0.39 is 5.95 Å². The molecule has 0 saturated heterocycles. The van der Waals surface area contributed by atoms with Crippen LogP contribution in [0.1, 0.15) is 24.2 Å². The number of likely N-dealkylation sites (N-methyl/N-ethyl adjacent to an activating group) is 1. The summed E-state index contributed by atoms with van der Waals surface area (Å²) >= 11 is 0. The average Bonchev–Trinajstić information content (AvgIpc) is 2.28. The monoisotopic (exact) mass is 239 g/mol. The Morgan fingerprint density at radius 2 is 2.29 bits per heavy atom. The van der Waals surface area contributed by atoms with Gasteiger partial charge in [0.1, 0.15) is 0 Å². The molecule has 0 fully saturated rings. The SMILES string of the molecule is CC(C)N(C)CCNC(=O)c1ccnc(F)c1. The smallest absolute Gasteiger partial charge is 0.251 e. The molecule has 5 heteroatoms. The Balaban J connectivity index is 2.40. The Bertz CT molecular complexity index is 382. The summed E-state index contributed by atoms with van der Waals surface area (Å²) in [5.41, 5.74) is 0.296. The molecule has 4 nitrogen and oxygen atoms in total. The Morgan fingerprint density at radius 1 is 1.59 bits per heavy atom. The van der Waals surface area contributed by atoms with Crippen LogP contribution < -0.4 is 5.32 Å². The van der Waals surface area contributed by atoms with Crippen LogP contribution >= 0.6 is 0 Å². The van der Waals surface area contributed by atoms with Crippen molar-refractivity contribution in [3.05, 3.63) is 29.8 Å². The highest BCUT2D eigenvalue weighted by Crippen LogP contribution is 2.00. The molecule has 1 N–H and O–H groups in total. The zero-order chi connectivity index (χ0) is 12.8. The number of pyridine rings is 1. The molecule has 0 aliphatic rings. The van der Waals surface area contributed by atoms with Gasteiger partial charge in [-0.25, -0.2) is 4.98 Å². The molecule has 94 valence electrons. The molecular weight excluding hydrogens is 221 g/mol. The van der Waals surface area contributed by atoms with Gasteiger partial charge in [0.2, 0.25) is 5.95 Å². The van der Waals surface area contributed by atoms with Crippen molar-refractivity contribution in [3.63, 3.8) is 0 Å². The number of amides is 1. The Kier molecular flexibility index (Phi) is 5.03. The molecule has 0 radical (unpaired) electrons. The molecule has 0 bridgehead atoms. The zero-order valence-corrected chi connectivity index (χ0v) is 10.4. The first-order valence-corrected chi connectivity index (χ1v) is 5.60. The maximum absolute atomic E-state index is 12.8. The molecular formula is C12H18FN3O. The number of hydrogen-bond donors (Lipinski definition) is 1. The second-order valence-electron chi connectivity index (χ2n) is 4.20. The lowest BCUT2D eigenvalue weighted by Gasteiger charge is -2.20. The van der Waals surface area contributed by atoms with E-state index in [9.17, 15) is 9.18 Å². The van der Waals surface area contributed by atoms with E-state index in [0.29, 0.717) is 18.2 Å². The van der Waals surface area contributed by atoms with E-state index in [-0.39, 0.29) is 5.91 Å². The number of carbonyl (C=O) groups is 1. The van der Waals surface area contributed by atoms with E-state index in [0.717, 1.165) is 12.6 Å². The third-order valence-electron chi connectivity index (χ3n) is 2.62. The van der Waals surface area contributed by atoms with Crippen molar-refractivity contribution >= 4 is 5.91 Å². The molecule has 0 unspecified atom stereocenters. The summed E-state index contributed by atoms with van der Waals surface area (Å²) in [6.07, 6.45) is 1.28. The second-order valence-corrected chi connectivity index (χ2v) is 4.20. The lowest BCUT2D eigenvalue weighted by atomic mass is 10.2. The number of nitrogens with one attached hydrogen (secondary N) is 1. The molecule has 0 aliphatic carbocycles. The third-order valence-corrected chi connectivity index (χ3v) is 2.62. The van der Waals surface area contributed by atoms with E-state index in [1.807, 2.05) is 7.05 Å². The predicted molar refractivity (Wildman–Crippen MR) is 64.3 cm³/mol. The van der Waals surface area contributed by atoms with Gasteiger partial charge in [0.15, 0.2) is 0 Å². The number of rotatable bonds is 5. The average molecular weight is 239 g/mol. The molecule has 17 heavy (non-hydrogen) atoms. The highest BCUT2D eigenvalue weighted by Gasteiger charge is 2.07. The van der Waals surface area contributed by atoms with Crippen LogP contribution in [0.15, 0.2) is 18.3 Å². The van der Waals surface area contributed by atoms with Gasteiger partial charge in [-0.1, -0.05) is 0 Å². The molecule has 0 atom stereocenters. The van der Waals surface area contributed by atoms with Gasteiger partial charge in [-0.05, 0) is 27.0 Å². The first-order chi connectivity index (χ1) is 8.00. The van der Waals surface area contributed by atoms with Gasteiger partial charge in [-0.15, -0.1) is 0 Å². The summed E-state index contributed by atoms with van der Waals surface area (Å²) in [4.78, 5) is 17.1. The lowest BCUT2D eigenvalue weighted by Crippen LogP contribution is -2.36. The summed E-state index contributed by atoms with van der Waals surface area (Å²) in [5.74, 6) is -0.916. The maximum atomic E-state index is 12.8. The molecule has 1 amide bonds. The Hall–Kier alpha value is -1.49. The van der Waals surface area contributed by atoms with E-state index in [1.165, 1.54) is 12.3 Å². The molecule has 0 saturated carbocycles. The van der Waals surface area contributed by atoms with E-state index in [2.05, 4.69) is 29.0 Å². The zero-order valence-electron chi connectivity index (χ0n) is 10.4. The number of halogens is 1. The van der Waals surface area contributed by atoms with Crippen LogP contribution in [0.2, 0.25) is 0 Å². The minimum atomic E-state index is -0.642. The lowest BCUT2D eigenvalue weighted by molar-refractivity contribution is 0.0947. The van der Waals surface area contributed by atoms with Crippen molar-refractivity contribution in [2.24, 2.45) is 0 Å².